The molecule has 0 fully saturated rings. The maximum atomic E-state index is 14.6. The number of carbonyl (C=O) groups excluding carboxylic acids is 1. The summed E-state index contributed by atoms with van der Waals surface area (Å²) in [6.45, 7) is 3.75. The van der Waals surface area contributed by atoms with Gasteiger partial charge in [0.2, 0.25) is 0 Å². The van der Waals surface area contributed by atoms with E-state index in [4.69, 9.17) is 0 Å². The molecule has 2 unspecified atom stereocenters. The van der Waals surface area contributed by atoms with Gasteiger partial charge in [-0.05, 0) is 49.2 Å². The summed E-state index contributed by atoms with van der Waals surface area (Å²) in [5.74, 6) is -0.603. The van der Waals surface area contributed by atoms with E-state index in [1.807, 2.05) is 13.8 Å². The maximum Gasteiger partial charge on any atom is 0.196 e. The van der Waals surface area contributed by atoms with Crippen molar-refractivity contribution in [3.8, 4) is 0 Å². The zero-order chi connectivity index (χ0) is 21.7. The maximum absolute atomic E-state index is 14.6. The van der Waals surface area contributed by atoms with Crippen molar-refractivity contribution in [2.75, 3.05) is 15.2 Å². The molecule has 1 heterocycles. The Bertz CT molecular complexity index is 1110. The number of anilines is 1. The number of halogens is 1. The van der Waals surface area contributed by atoms with Crippen molar-refractivity contribution in [2.24, 2.45) is 0 Å². The third-order valence-corrected chi connectivity index (χ3v) is 7.94. The van der Waals surface area contributed by atoms with Crippen LogP contribution in [0.2, 0.25) is 0 Å². The SMILES string of the molecule is CCCS(=O)N(c1ccc(F)c(C(=O)c2ccc3nccnc3c2)c1)S(=O)CCC. The van der Waals surface area contributed by atoms with Crippen molar-refractivity contribution in [3.63, 3.8) is 0 Å². The van der Waals surface area contributed by atoms with E-state index in [0.29, 0.717) is 41.1 Å². The fourth-order valence-electron chi connectivity index (χ4n) is 2.90. The van der Waals surface area contributed by atoms with E-state index in [2.05, 4.69) is 9.97 Å². The van der Waals surface area contributed by atoms with Crippen molar-refractivity contribution in [1.82, 2.24) is 9.97 Å². The number of hydrogen-bond donors (Lipinski definition) is 0. The lowest BCUT2D eigenvalue weighted by Gasteiger charge is -2.22. The predicted octanol–water partition coefficient (Wildman–Crippen LogP) is 3.95. The zero-order valence-electron chi connectivity index (χ0n) is 16.7. The van der Waals surface area contributed by atoms with Gasteiger partial charge >= 0.3 is 0 Å². The van der Waals surface area contributed by atoms with Crippen molar-refractivity contribution in [3.05, 3.63) is 65.7 Å². The molecule has 3 rings (SSSR count). The molecule has 9 heteroatoms. The second-order valence-electron chi connectivity index (χ2n) is 6.56. The van der Waals surface area contributed by atoms with Gasteiger partial charge in [0.25, 0.3) is 0 Å². The van der Waals surface area contributed by atoms with Crippen LogP contribution in [0.5, 0.6) is 0 Å². The predicted molar refractivity (Wildman–Crippen MR) is 118 cm³/mol. The summed E-state index contributed by atoms with van der Waals surface area (Å²) >= 11 is 0. The second-order valence-corrected chi connectivity index (χ2v) is 9.63. The summed E-state index contributed by atoms with van der Waals surface area (Å²) in [6.07, 6.45) is 4.34. The van der Waals surface area contributed by atoms with Crippen LogP contribution in [0, 0.1) is 5.82 Å². The van der Waals surface area contributed by atoms with Gasteiger partial charge in [0.05, 0.1) is 22.3 Å². The van der Waals surface area contributed by atoms with E-state index in [0.717, 1.165) is 6.07 Å². The fourth-order valence-corrected chi connectivity index (χ4v) is 5.82. The van der Waals surface area contributed by atoms with Crippen LogP contribution in [0.3, 0.4) is 0 Å². The van der Waals surface area contributed by atoms with Gasteiger partial charge in [-0.3, -0.25) is 14.8 Å². The molecule has 0 aliphatic carbocycles. The highest BCUT2D eigenvalue weighted by atomic mass is 32.3. The Morgan fingerprint density at radius 1 is 0.933 bits per heavy atom. The molecule has 6 nitrogen and oxygen atoms in total. The zero-order valence-corrected chi connectivity index (χ0v) is 18.3. The van der Waals surface area contributed by atoms with E-state index in [9.17, 15) is 17.6 Å². The molecule has 0 saturated heterocycles. The number of hydrogen-bond acceptors (Lipinski definition) is 5. The van der Waals surface area contributed by atoms with Crippen LogP contribution in [-0.2, 0) is 22.0 Å². The average Bonchev–Trinajstić information content (AvgIpc) is 2.74. The minimum Gasteiger partial charge on any atom is -0.288 e. The number of nitrogens with zero attached hydrogens (tertiary/aromatic N) is 3. The Hall–Kier alpha value is -2.52. The van der Waals surface area contributed by atoms with Crippen LogP contribution in [0.25, 0.3) is 11.0 Å². The molecule has 2 atom stereocenters. The number of ketones is 1. The van der Waals surface area contributed by atoms with Crippen LogP contribution in [0.15, 0.2) is 48.8 Å². The molecule has 2 aromatic carbocycles. The number of aromatic nitrogens is 2. The van der Waals surface area contributed by atoms with E-state index in [1.165, 1.54) is 22.0 Å². The smallest absolute Gasteiger partial charge is 0.196 e. The normalized spacial score (nSPS) is 13.2. The van der Waals surface area contributed by atoms with Crippen LogP contribution in [0.1, 0.15) is 42.6 Å². The van der Waals surface area contributed by atoms with E-state index >= 15 is 0 Å². The van der Waals surface area contributed by atoms with Crippen LogP contribution in [0.4, 0.5) is 10.1 Å². The first-order chi connectivity index (χ1) is 14.5. The summed E-state index contributed by atoms with van der Waals surface area (Å²) in [7, 11) is -3.10. The van der Waals surface area contributed by atoms with Crippen molar-refractivity contribution < 1.29 is 17.6 Å². The lowest BCUT2D eigenvalue weighted by molar-refractivity contribution is 0.103. The summed E-state index contributed by atoms with van der Waals surface area (Å²) < 4.78 is 41.2. The highest BCUT2D eigenvalue weighted by molar-refractivity contribution is 8.04. The van der Waals surface area contributed by atoms with Crippen LogP contribution >= 0.6 is 0 Å². The molecule has 0 bridgehead atoms. The third kappa shape index (κ3) is 4.79. The summed E-state index contributed by atoms with van der Waals surface area (Å²) in [5.41, 5.74) is 1.52. The van der Waals surface area contributed by atoms with Crippen LogP contribution in [-0.4, -0.2) is 35.7 Å². The molecule has 158 valence electrons. The van der Waals surface area contributed by atoms with Gasteiger partial charge in [-0.15, -0.1) is 0 Å². The molecule has 0 spiro atoms. The first-order valence-corrected chi connectivity index (χ1v) is 12.1. The Morgan fingerprint density at radius 3 is 2.20 bits per heavy atom. The topological polar surface area (TPSA) is 80.2 Å². The molecule has 0 aliphatic heterocycles. The van der Waals surface area contributed by atoms with Crippen molar-refractivity contribution in [1.29, 1.82) is 0 Å². The Morgan fingerprint density at radius 2 is 1.57 bits per heavy atom. The van der Waals surface area contributed by atoms with Gasteiger partial charge in [0.15, 0.2) is 5.78 Å². The molecular formula is C21H22FN3O3S2. The number of benzene rings is 2. The molecule has 0 saturated carbocycles. The first-order valence-electron chi connectivity index (χ1n) is 9.58. The molecule has 30 heavy (non-hydrogen) atoms. The highest BCUT2D eigenvalue weighted by Crippen LogP contribution is 2.25. The molecule has 1 aromatic heterocycles. The van der Waals surface area contributed by atoms with E-state index in [-0.39, 0.29) is 11.1 Å². The first kappa shape index (κ1) is 22.2. The summed E-state index contributed by atoms with van der Waals surface area (Å²) in [4.78, 5) is 21.4. The van der Waals surface area contributed by atoms with Gasteiger partial charge in [-0.1, -0.05) is 13.8 Å². The lowest BCUT2D eigenvalue weighted by Crippen LogP contribution is -2.31. The standard InChI is InChI=1S/C21H22FN3O3S2/c1-3-11-29(27)25(30(28)12-4-2)16-6-7-18(22)17(14-16)21(26)15-5-8-19-20(13-15)24-10-9-23-19/h5-10,13-14H,3-4,11-12H2,1-2H3. The van der Waals surface area contributed by atoms with Crippen LogP contribution < -0.4 is 3.71 Å². The third-order valence-electron chi connectivity index (χ3n) is 4.26. The quantitative estimate of drug-likeness (QED) is 0.464. The Labute approximate surface area is 179 Å². The molecule has 0 N–H and O–H groups in total. The molecule has 0 aliphatic rings. The number of fused-ring (bicyclic) bond motifs is 1. The summed E-state index contributed by atoms with van der Waals surface area (Å²) in [5, 5.41) is 0. The fraction of sp³-hybridized carbons (Fsp3) is 0.286. The van der Waals surface area contributed by atoms with Gasteiger partial charge in [0.1, 0.15) is 27.8 Å². The second kappa shape index (κ2) is 9.99. The number of rotatable bonds is 9. The Kier molecular flexibility index (Phi) is 7.38. The van der Waals surface area contributed by atoms with Gasteiger partial charge < -0.3 is 0 Å². The van der Waals surface area contributed by atoms with Crippen molar-refractivity contribution >= 4 is 44.5 Å². The summed E-state index contributed by atoms with van der Waals surface area (Å²) in [6, 6.07) is 8.63. The monoisotopic (exact) mass is 447 g/mol. The van der Waals surface area contributed by atoms with Gasteiger partial charge in [0, 0.05) is 29.5 Å². The largest absolute Gasteiger partial charge is 0.288 e. The molecule has 3 aromatic rings. The Balaban J connectivity index is 2.02. The minimum atomic E-state index is -1.55. The van der Waals surface area contributed by atoms with Crippen molar-refractivity contribution in [2.45, 2.75) is 26.7 Å². The highest BCUT2D eigenvalue weighted by Gasteiger charge is 2.23. The molecule has 0 amide bonds. The molecule has 0 radical (unpaired) electrons. The van der Waals surface area contributed by atoms with Gasteiger partial charge in [-0.25, -0.2) is 16.5 Å². The van der Waals surface area contributed by atoms with Gasteiger partial charge in [-0.2, -0.15) is 0 Å². The lowest BCUT2D eigenvalue weighted by atomic mass is 10.0. The van der Waals surface area contributed by atoms with E-state index < -0.39 is 33.6 Å². The van der Waals surface area contributed by atoms with E-state index in [1.54, 1.807) is 24.4 Å². The molecular weight excluding hydrogens is 425 g/mol. The minimum absolute atomic E-state index is 0.178. The number of carbonyl (C=O) groups is 1. The average molecular weight is 448 g/mol.